The van der Waals surface area contributed by atoms with Gasteiger partial charge in [-0.1, -0.05) is 24.3 Å². The van der Waals surface area contributed by atoms with Gasteiger partial charge >= 0.3 is 0 Å². The summed E-state index contributed by atoms with van der Waals surface area (Å²) in [4.78, 5) is 12.0. The number of hydrazone groups is 1. The Hall–Kier alpha value is -2.62. The lowest BCUT2D eigenvalue weighted by Gasteiger charge is -2.17. The first-order valence-corrected chi connectivity index (χ1v) is 6.98. The van der Waals surface area contributed by atoms with Crippen molar-refractivity contribution in [2.45, 2.75) is 19.3 Å². The predicted molar refractivity (Wildman–Crippen MR) is 81.5 cm³/mol. The number of phenolic OH excluding ortho intramolecular Hbond substituents is 1. The SMILES string of the molecule is O=C(N/N=C1/CCCc2ccccc21)c1ccc(O)cc1. The first-order valence-electron chi connectivity index (χ1n) is 6.98. The Morgan fingerprint density at radius 2 is 1.81 bits per heavy atom. The second kappa shape index (κ2) is 5.79. The zero-order chi connectivity index (χ0) is 14.7. The molecule has 0 aliphatic heterocycles. The van der Waals surface area contributed by atoms with Crippen molar-refractivity contribution >= 4 is 11.6 Å². The van der Waals surface area contributed by atoms with E-state index in [1.54, 1.807) is 12.1 Å². The Morgan fingerprint density at radius 1 is 1.05 bits per heavy atom. The van der Waals surface area contributed by atoms with Crippen LogP contribution < -0.4 is 5.43 Å². The van der Waals surface area contributed by atoms with Crippen LogP contribution in [0.2, 0.25) is 0 Å². The van der Waals surface area contributed by atoms with Crippen LogP contribution in [0.25, 0.3) is 0 Å². The maximum absolute atomic E-state index is 12.0. The highest BCUT2D eigenvalue weighted by molar-refractivity contribution is 6.04. The molecule has 0 unspecified atom stereocenters. The lowest BCUT2D eigenvalue weighted by molar-refractivity contribution is 0.0954. The highest BCUT2D eigenvalue weighted by Crippen LogP contribution is 2.21. The summed E-state index contributed by atoms with van der Waals surface area (Å²) in [6.07, 6.45) is 2.97. The summed E-state index contributed by atoms with van der Waals surface area (Å²) in [5, 5.41) is 13.5. The second-order valence-corrected chi connectivity index (χ2v) is 5.06. The van der Waals surface area contributed by atoms with Gasteiger partial charge in [0.1, 0.15) is 5.75 Å². The molecule has 0 atom stereocenters. The van der Waals surface area contributed by atoms with Crippen molar-refractivity contribution < 1.29 is 9.90 Å². The Bertz CT molecular complexity index is 690. The van der Waals surface area contributed by atoms with Crippen LogP contribution in [0.3, 0.4) is 0 Å². The summed E-state index contributed by atoms with van der Waals surface area (Å²) in [6, 6.07) is 14.3. The molecule has 1 aliphatic rings. The third-order valence-electron chi connectivity index (χ3n) is 3.61. The first kappa shape index (κ1) is 13.4. The molecular formula is C17H16N2O2. The van der Waals surface area contributed by atoms with Crippen molar-refractivity contribution in [2.75, 3.05) is 0 Å². The normalized spacial score (nSPS) is 15.5. The Labute approximate surface area is 123 Å². The van der Waals surface area contributed by atoms with Crippen molar-refractivity contribution in [3.8, 4) is 5.75 Å². The van der Waals surface area contributed by atoms with Gasteiger partial charge in [0, 0.05) is 11.1 Å². The predicted octanol–water partition coefficient (Wildman–Crippen LogP) is 2.86. The first-order chi connectivity index (χ1) is 10.2. The van der Waals surface area contributed by atoms with E-state index in [1.165, 1.54) is 17.7 Å². The van der Waals surface area contributed by atoms with Gasteiger partial charge in [0.05, 0.1) is 5.71 Å². The Balaban J connectivity index is 1.78. The molecule has 0 fully saturated rings. The third kappa shape index (κ3) is 2.94. The van der Waals surface area contributed by atoms with E-state index in [9.17, 15) is 9.90 Å². The molecule has 0 spiro atoms. The van der Waals surface area contributed by atoms with E-state index in [1.807, 2.05) is 18.2 Å². The number of carbonyl (C=O) groups excluding carboxylic acids is 1. The summed E-state index contributed by atoms with van der Waals surface area (Å²) in [5.74, 6) is -0.135. The van der Waals surface area contributed by atoms with Gasteiger partial charge in [-0.3, -0.25) is 4.79 Å². The van der Waals surface area contributed by atoms with Gasteiger partial charge < -0.3 is 5.11 Å². The molecule has 2 aromatic carbocycles. The minimum Gasteiger partial charge on any atom is -0.508 e. The number of carbonyl (C=O) groups is 1. The standard InChI is InChI=1S/C17H16N2O2/c20-14-10-8-13(9-11-14)17(21)19-18-16-7-3-5-12-4-1-2-6-15(12)16/h1-2,4,6,8-11,20H,3,5,7H2,(H,19,21)/b18-16-. The van der Waals surface area contributed by atoms with Gasteiger partial charge in [-0.15, -0.1) is 0 Å². The smallest absolute Gasteiger partial charge is 0.271 e. The van der Waals surface area contributed by atoms with Gasteiger partial charge in [-0.2, -0.15) is 5.10 Å². The largest absolute Gasteiger partial charge is 0.508 e. The van der Waals surface area contributed by atoms with Crippen LogP contribution in [0, 0.1) is 0 Å². The van der Waals surface area contributed by atoms with Crippen LogP contribution in [0.1, 0.15) is 34.3 Å². The van der Waals surface area contributed by atoms with Crippen molar-refractivity contribution in [1.82, 2.24) is 5.43 Å². The van der Waals surface area contributed by atoms with Gasteiger partial charge in [0.25, 0.3) is 5.91 Å². The van der Waals surface area contributed by atoms with E-state index in [0.717, 1.165) is 30.5 Å². The number of hydrogen-bond acceptors (Lipinski definition) is 3. The zero-order valence-corrected chi connectivity index (χ0v) is 11.5. The number of nitrogens with zero attached hydrogens (tertiary/aromatic N) is 1. The highest BCUT2D eigenvalue weighted by Gasteiger charge is 2.15. The van der Waals surface area contributed by atoms with Crippen LogP contribution in [-0.4, -0.2) is 16.7 Å². The molecule has 4 nitrogen and oxygen atoms in total. The number of nitrogens with one attached hydrogen (secondary N) is 1. The van der Waals surface area contributed by atoms with E-state index < -0.39 is 0 Å². The lowest BCUT2D eigenvalue weighted by atomic mass is 9.90. The molecule has 0 bridgehead atoms. The zero-order valence-electron chi connectivity index (χ0n) is 11.5. The molecule has 0 aromatic heterocycles. The fourth-order valence-electron chi connectivity index (χ4n) is 2.51. The van der Waals surface area contributed by atoms with Crippen molar-refractivity contribution in [1.29, 1.82) is 0 Å². The molecule has 3 rings (SSSR count). The molecule has 0 radical (unpaired) electrons. The van der Waals surface area contributed by atoms with E-state index in [0.29, 0.717) is 5.56 Å². The summed E-state index contributed by atoms with van der Waals surface area (Å²) in [5.41, 5.74) is 6.39. The number of aromatic hydroxyl groups is 1. The fraction of sp³-hybridized carbons (Fsp3) is 0.176. The summed E-state index contributed by atoms with van der Waals surface area (Å²) < 4.78 is 0. The molecule has 2 aromatic rings. The van der Waals surface area contributed by atoms with Crippen molar-refractivity contribution in [2.24, 2.45) is 5.10 Å². The molecule has 1 aliphatic carbocycles. The molecule has 0 saturated carbocycles. The van der Waals surface area contributed by atoms with E-state index in [-0.39, 0.29) is 11.7 Å². The fourth-order valence-corrected chi connectivity index (χ4v) is 2.51. The monoisotopic (exact) mass is 280 g/mol. The van der Waals surface area contributed by atoms with E-state index in [2.05, 4.69) is 16.6 Å². The van der Waals surface area contributed by atoms with Crippen molar-refractivity contribution in [3.63, 3.8) is 0 Å². The van der Waals surface area contributed by atoms with Crippen LogP contribution in [0.15, 0.2) is 53.6 Å². The molecular weight excluding hydrogens is 264 g/mol. The van der Waals surface area contributed by atoms with Gasteiger partial charge in [-0.05, 0) is 49.1 Å². The van der Waals surface area contributed by atoms with Gasteiger partial charge in [0.15, 0.2) is 0 Å². The average molecular weight is 280 g/mol. The number of fused-ring (bicyclic) bond motifs is 1. The summed E-state index contributed by atoms with van der Waals surface area (Å²) in [7, 11) is 0. The molecule has 2 N–H and O–H groups in total. The van der Waals surface area contributed by atoms with Gasteiger partial charge in [0.2, 0.25) is 0 Å². The van der Waals surface area contributed by atoms with Crippen LogP contribution >= 0.6 is 0 Å². The van der Waals surface area contributed by atoms with Crippen LogP contribution in [0.5, 0.6) is 5.75 Å². The Morgan fingerprint density at radius 3 is 2.62 bits per heavy atom. The number of rotatable bonds is 2. The van der Waals surface area contributed by atoms with Crippen LogP contribution in [-0.2, 0) is 6.42 Å². The molecule has 0 saturated heterocycles. The maximum Gasteiger partial charge on any atom is 0.271 e. The number of hydrogen-bond donors (Lipinski definition) is 2. The van der Waals surface area contributed by atoms with E-state index >= 15 is 0 Å². The third-order valence-corrected chi connectivity index (χ3v) is 3.61. The van der Waals surface area contributed by atoms with Crippen LogP contribution in [0.4, 0.5) is 0 Å². The quantitative estimate of drug-likeness (QED) is 0.831. The molecule has 0 heterocycles. The van der Waals surface area contributed by atoms with Crippen molar-refractivity contribution in [3.05, 3.63) is 65.2 Å². The Kier molecular flexibility index (Phi) is 3.69. The van der Waals surface area contributed by atoms with E-state index in [4.69, 9.17) is 0 Å². The number of aryl methyl sites for hydroxylation is 1. The average Bonchev–Trinajstić information content (AvgIpc) is 2.53. The molecule has 4 heteroatoms. The minimum absolute atomic E-state index is 0.138. The molecule has 1 amide bonds. The second-order valence-electron chi connectivity index (χ2n) is 5.06. The lowest BCUT2D eigenvalue weighted by Crippen LogP contribution is -2.22. The number of benzene rings is 2. The minimum atomic E-state index is -0.273. The molecule has 106 valence electrons. The van der Waals surface area contributed by atoms with Gasteiger partial charge in [-0.25, -0.2) is 5.43 Å². The summed E-state index contributed by atoms with van der Waals surface area (Å²) in [6.45, 7) is 0. The number of phenols is 1. The highest BCUT2D eigenvalue weighted by atomic mass is 16.3. The number of amides is 1. The molecule has 21 heavy (non-hydrogen) atoms. The topological polar surface area (TPSA) is 61.7 Å². The summed E-state index contributed by atoms with van der Waals surface area (Å²) >= 11 is 0. The maximum atomic E-state index is 12.0.